The predicted octanol–water partition coefficient (Wildman–Crippen LogP) is 1.28. The van der Waals surface area contributed by atoms with E-state index in [-0.39, 0.29) is 17.7 Å². The molecule has 1 aliphatic heterocycles. The van der Waals surface area contributed by atoms with Crippen LogP contribution in [0.4, 0.5) is 0 Å². The van der Waals surface area contributed by atoms with Gasteiger partial charge in [0.05, 0.1) is 18.3 Å². The Bertz CT molecular complexity index is 408. The van der Waals surface area contributed by atoms with Crippen LogP contribution < -0.4 is 0 Å². The number of ether oxygens (including phenoxy) is 1. The highest BCUT2D eigenvalue weighted by Crippen LogP contribution is 2.20. The van der Waals surface area contributed by atoms with Gasteiger partial charge in [-0.3, -0.25) is 0 Å². The molecule has 1 N–H and O–H groups in total. The highest BCUT2D eigenvalue weighted by atomic mass is 16.5. The van der Waals surface area contributed by atoms with Gasteiger partial charge in [-0.2, -0.15) is 0 Å². The summed E-state index contributed by atoms with van der Waals surface area (Å²) in [6.07, 6.45) is 2.19. The number of aromatic carboxylic acids is 1. The Labute approximate surface area is 99.6 Å². The molecular weight excluding hydrogens is 222 g/mol. The van der Waals surface area contributed by atoms with Crippen LogP contribution >= 0.6 is 0 Å². The summed E-state index contributed by atoms with van der Waals surface area (Å²) in [5.41, 5.74) is 0.728. The summed E-state index contributed by atoms with van der Waals surface area (Å²) >= 11 is 0. The molecule has 0 bridgehead atoms. The lowest BCUT2D eigenvalue weighted by atomic mass is 10.1. The van der Waals surface area contributed by atoms with Gasteiger partial charge in [-0.05, 0) is 18.8 Å². The standard InChI is InChI=1S/C11H17N3O3/c1-7(2)10-9(11(15)16)12-13-14(10)6-8-4-3-5-17-8/h7-8H,3-6H2,1-2H3,(H,15,16). The van der Waals surface area contributed by atoms with Gasteiger partial charge in [0.25, 0.3) is 0 Å². The van der Waals surface area contributed by atoms with Crippen LogP contribution in [-0.4, -0.2) is 38.8 Å². The van der Waals surface area contributed by atoms with E-state index in [0.717, 1.165) is 19.4 Å². The molecule has 0 amide bonds. The molecule has 0 aliphatic carbocycles. The third kappa shape index (κ3) is 2.46. The lowest BCUT2D eigenvalue weighted by molar-refractivity contribution is 0.0687. The molecule has 6 nitrogen and oxygen atoms in total. The topological polar surface area (TPSA) is 77.2 Å². The largest absolute Gasteiger partial charge is 0.476 e. The Hall–Kier alpha value is -1.43. The monoisotopic (exact) mass is 239 g/mol. The Morgan fingerprint density at radius 2 is 2.41 bits per heavy atom. The summed E-state index contributed by atoms with van der Waals surface area (Å²) in [6, 6.07) is 0. The third-order valence-electron chi connectivity index (χ3n) is 2.92. The van der Waals surface area contributed by atoms with Gasteiger partial charge in [0.1, 0.15) is 0 Å². The first-order valence-electron chi connectivity index (χ1n) is 5.88. The van der Waals surface area contributed by atoms with Crippen molar-refractivity contribution in [2.24, 2.45) is 0 Å². The van der Waals surface area contributed by atoms with Gasteiger partial charge in [-0.25, -0.2) is 9.48 Å². The van der Waals surface area contributed by atoms with E-state index >= 15 is 0 Å². The minimum absolute atomic E-state index is 0.0537. The molecule has 1 aromatic rings. The molecule has 2 heterocycles. The molecule has 0 radical (unpaired) electrons. The normalized spacial score (nSPS) is 20.1. The van der Waals surface area contributed by atoms with Crippen molar-refractivity contribution in [2.45, 2.75) is 45.3 Å². The number of carbonyl (C=O) groups is 1. The van der Waals surface area contributed by atoms with Gasteiger partial charge < -0.3 is 9.84 Å². The molecule has 6 heteroatoms. The Kier molecular flexibility index (Phi) is 3.42. The Morgan fingerprint density at radius 3 is 2.94 bits per heavy atom. The highest BCUT2D eigenvalue weighted by Gasteiger charge is 2.24. The minimum Gasteiger partial charge on any atom is -0.476 e. The Balaban J connectivity index is 2.23. The first-order valence-corrected chi connectivity index (χ1v) is 5.88. The van der Waals surface area contributed by atoms with Crippen molar-refractivity contribution in [1.29, 1.82) is 0 Å². The van der Waals surface area contributed by atoms with Crippen molar-refractivity contribution in [3.8, 4) is 0 Å². The van der Waals surface area contributed by atoms with Gasteiger partial charge in [-0.1, -0.05) is 19.1 Å². The third-order valence-corrected chi connectivity index (χ3v) is 2.92. The molecule has 0 saturated carbocycles. The number of hydrogen-bond acceptors (Lipinski definition) is 4. The molecule has 0 aromatic carbocycles. The lowest BCUT2D eigenvalue weighted by Crippen LogP contribution is -2.19. The van der Waals surface area contributed by atoms with Crippen LogP contribution in [0.3, 0.4) is 0 Å². The maximum Gasteiger partial charge on any atom is 0.358 e. The van der Waals surface area contributed by atoms with Crippen LogP contribution in [-0.2, 0) is 11.3 Å². The first-order chi connectivity index (χ1) is 8.09. The van der Waals surface area contributed by atoms with Crippen LogP contribution in [0.15, 0.2) is 0 Å². The number of nitrogens with zero attached hydrogens (tertiary/aromatic N) is 3. The van der Waals surface area contributed by atoms with E-state index in [0.29, 0.717) is 12.2 Å². The smallest absolute Gasteiger partial charge is 0.358 e. The van der Waals surface area contributed by atoms with Crippen molar-refractivity contribution >= 4 is 5.97 Å². The molecule has 94 valence electrons. The molecule has 2 rings (SSSR count). The summed E-state index contributed by atoms with van der Waals surface area (Å²) in [5.74, 6) is -0.940. The van der Waals surface area contributed by atoms with Crippen LogP contribution in [0.1, 0.15) is 48.8 Å². The van der Waals surface area contributed by atoms with E-state index < -0.39 is 5.97 Å². The van der Waals surface area contributed by atoms with E-state index in [4.69, 9.17) is 9.84 Å². The average Bonchev–Trinajstić information content (AvgIpc) is 2.86. The van der Waals surface area contributed by atoms with Crippen molar-refractivity contribution < 1.29 is 14.6 Å². The van der Waals surface area contributed by atoms with Gasteiger partial charge >= 0.3 is 5.97 Å². The maximum atomic E-state index is 11.0. The van der Waals surface area contributed by atoms with Crippen molar-refractivity contribution in [3.05, 3.63) is 11.4 Å². The number of carboxylic acid groups (broad SMARTS) is 1. The van der Waals surface area contributed by atoms with E-state index in [1.165, 1.54) is 0 Å². The predicted molar refractivity (Wildman–Crippen MR) is 60.0 cm³/mol. The van der Waals surface area contributed by atoms with Crippen molar-refractivity contribution in [2.75, 3.05) is 6.61 Å². The fraction of sp³-hybridized carbons (Fsp3) is 0.727. The molecule has 1 saturated heterocycles. The summed E-state index contributed by atoms with van der Waals surface area (Å²) in [7, 11) is 0. The average molecular weight is 239 g/mol. The van der Waals surface area contributed by atoms with Crippen molar-refractivity contribution in [3.63, 3.8) is 0 Å². The van der Waals surface area contributed by atoms with Crippen LogP contribution in [0.5, 0.6) is 0 Å². The van der Waals surface area contributed by atoms with Crippen LogP contribution in [0, 0.1) is 0 Å². The van der Waals surface area contributed by atoms with E-state index in [1.54, 1.807) is 4.68 Å². The minimum atomic E-state index is -1.02. The second-order valence-corrected chi connectivity index (χ2v) is 4.60. The van der Waals surface area contributed by atoms with E-state index in [2.05, 4.69) is 10.3 Å². The molecule has 17 heavy (non-hydrogen) atoms. The van der Waals surface area contributed by atoms with Crippen LogP contribution in [0.2, 0.25) is 0 Å². The summed E-state index contributed by atoms with van der Waals surface area (Å²) in [4.78, 5) is 11.0. The second kappa shape index (κ2) is 4.83. The zero-order chi connectivity index (χ0) is 12.4. The molecule has 1 unspecified atom stereocenters. The highest BCUT2D eigenvalue weighted by molar-refractivity contribution is 5.86. The van der Waals surface area contributed by atoms with Crippen LogP contribution in [0.25, 0.3) is 0 Å². The number of rotatable bonds is 4. The van der Waals surface area contributed by atoms with Gasteiger partial charge in [0.15, 0.2) is 5.69 Å². The first kappa shape index (κ1) is 12.0. The second-order valence-electron chi connectivity index (χ2n) is 4.60. The quantitative estimate of drug-likeness (QED) is 0.856. The van der Waals surface area contributed by atoms with E-state index in [9.17, 15) is 4.79 Å². The van der Waals surface area contributed by atoms with E-state index in [1.807, 2.05) is 13.8 Å². The summed E-state index contributed by atoms with van der Waals surface area (Å²) < 4.78 is 7.20. The van der Waals surface area contributed by atoms with Crippen molar-refractivity contribution in [1.82, 2.24) is 15.0 Å². The molecule has 1 aromatic heterocycles. The zero-order valence-corrected chi connectivity index (χ0v) is 10.1. The lowest BCUT2D eigenvalue weighted by Gasteiger charge is -2.13. The SMILES string of the molecule is CC(C)c1c(C(=O)O)nnn1CC1CCCO1. The van der Waals surface area contributed by atoms with Gasteiger partial charge in [-0.15, -0.1) is 5.10 Å². The zero-order valence-electron chi connectivity index (χ0n) is 10.1. The molecule has 1 aliphatic rings. The molecular formula is C11H17N3O3. The summed E-state index contributed by atoms with van der Waals surface area (Å²) in [5, 5.41) is 16.7. The number of hydrogen-bond donors (Lipinski definition) is 1. The fourth-order valence-electron chi connectivity index (χ4n) is 2.16. The summed E-state index contributed by atoms with van der Waals surface area (Å²) in [6.45, 7) is 5.25. The molecule has 1 fully saturated rings. The fourth-order valence-corrected chi connectivity index (χ4v) is 2.16. The molecule has 0 spiro atoms. The Morgan fingerprint density at radius 1 is 1.65 bits per heavy atom. The number of carboxylic acids is 1. The number of aromatic nitrogens is 3. The van der Waals surface area contributed by atoms with Gasteiger partial charge in [0.2, 0.25) is 0 Å². The molecule has 1 atom stereocenters. The maximum absolute atomic E-state index is 11.0. The van der Waals surface area contributed by atoms with Gasteiger partial charge in [0, 0.05) is 6.61 Å².